The van der Waals surface area contributed by atoms with Gasteiger partial charge in [-0.2, -0.15) is 0 Å². The van der Waals surface area contributed by atoms with Gasteiger partial charge in [0.05, 0.1) is 17.4 Å². The molecule has 2 fully saturated rings. The van der Waals surface area contributed by atoms with Gasteiger partial charge in [0.2, 0.25) is 0 Å². The van der Waals surface area contributed by atoms with Crippen molar-refractivity contribution in [2.45, 2.75) is 32.2 Å². The van der Waals surface area contributed by atoms with Gasteiger partial charge in [0.15, 0.2) is 0 Å². The molecule has 5 nitrogen and oxygen atoms in total. The van der Waals surface area contributed by atoms with Crippen molar-refractivity contribution in [3.63, 3.8) is 0 Å². The standard InChI is InChI=1S/C23H30N4O/c28-23(27-10-6-1-2-7-11-27)21-16-22(18-24-17-21)26-14-12-25(13-15-26)19-20-8-4-3-5-9-20/h3-5,8-9,16-18H,1-2,6-7,10-15,19H2. The molecule has 4 rings (SSSR count). The van der Waals surface area contributed by atoms with Crippen LogP contribution in [0.1, 0.15) is 41.6 Å². The molecule has 0 bridgehead atoms. The number of piperazine rings is 1. The van der Waals surface area contributed by atoms with E-state index in [-0.39, 0.29) is 5.91 Å². The number of pyridine rings is 1. The summed E-state index contributed by atoms with van der Waals surface area (Å²) in [5.74, 6) is 0.138. The van der Waals surface area contributed by atoms with Crippen molar-refractivity contribution in [1.29, 1.82) is 0 Å². The zero-order valence-electron chi connectivity index (χ0n) is 16.6. The molecular formula is C23H30N4O. The van der Waals surface area contributed by atoms with Crippen molar-refractivity contribution in [2.24, 2.45) is 0 Å². The van der Waals surface area contributed by atoms with E-state index in [1.807, 2.05) is 17.2 Å². The fourth-order valence-corrected chi connectivity index (χ4v) is 4.18. The summed E-state index contributed by atoms with van der Waals surface area (Å²) >= 11 is 0. The summed E-state index contributed by atoms with van der Waals surface area (Å²) in [6.45, 7) is 6.74. The zero-order valence-corrected chi connectivity index (χ0v) is 16.6. The number of amides is 1. The molecule has 28 heavy (non-hydrogen) atoms. The summed E-state index contributed by atoms with van der Waals surface area (Å²) in [5, 5.41) is 0. The Morgan fingerprint density at radius 2 is 1.57 bits per heavy atom. The molecule has 0 radical (unpaired) electrons. The summed E-state index contributed by atoms with van der Waals surface area (Å²) in [6, 6.07) is 12.7. The van der Waals surface area contributed by atoms with E-state index in [1.165, 1.54) is 18.4 Å². The first-order chi connectivity index (χ1) is 13.8. The third-order valence-electron chi connectivity index (χ3n) is 5.85. The van der Waals surface area contributed by atoms with Crippen LogP contribution >= 0.6 is 0 Å². The largest absolute Gasteiger partial charge is 0.368 e. The van der Waals surface area contributed by atoms with Crippen LogP contribution in [0.15, 0.2) is 48.8 Å². The maximum Gasteiger partial charge on any atom is 0.255 e. The number of benzene rings is 1. The topological polar surface area (TPSA) is 39.7 Å². The van der Waals surface area contributed by atoms with Gasteiger partial charge in [-0.05, 0) is 24.5 Å². The zero-order chi connectivity index (χ0) is 19.2. The molecule has 2 aliphatic rings. The molecule has 0 saturated carbocycles. The number of rotatable bonds is 4. The van der Waals surface area contributed by atoms with E-state index in [1.54, 1.807) is 6.20 Å². The van der Waals surface area contributed by atoms with Crippen molar-refractivity contribution < 1.29 is 4.79 Å². The van der Waals surface area contributed by atoms with Crippen LogP contribution in [0.2, 0.25) is 0 Å². The number of hydrogen-bond donors (Lipinski definition) is 0. The predicted molar refractivity (Wildman–Crippen MR) is 113 cm³/mol. The Labute approximate surface area is 168 Å². The number of aromatic nitrogens is 1. The lowest BCUT2D eigenvalue weighted by Gasteiger charge is -2.36. The van der Waals surface area contributed by atoms with E-state index in [4.69, 9.17) is 0 Å². The predicted octanol–water partition coefficient (Wildman–Crippen LogP) is 3.42. The van der Waals surface area contributed by atoms with Crippen LogP contribution in [0.25, 0.3) is 0 Å². The minimum Gasteiger partial charge on any atom is -0.368 e. The van der Waals surface area contributed by atoms with Crippen LogP contribution in [0, 0.1) is 0 Å². The summed E-state index contributed by atoms with van der Waals surface area (Å²) in [4.78, 5) is 24.1. The Balaban J connectivity index is 1.36. The molecule has 0 aliphatic carbocycles. The van der Waals surface area contributed by atoms with E-state index in [0.717, 1.165) is 69.9 Å². The quantitative estimate of drug-likeness (QED) is 0.817. The van der Waals surface area contributed by atoms with Gasteiger partial charge in [0.25, 0.3) is 5.91 Å². The van der Waals surface area contributed by atoms with Crippen molar-refractivity contribution in [1.82, 2.24) is 14.8 Å². The minimum absolute atomic E-state index is 0.138. The third kappa shape index (κ3) is 4.71. The van der Waals surface area contributed by atoms with E-state index >= 15 is 0 Å². The van der Waals surface area contributed by atoms with Crippen molar-refractivity contribution in [3.05, 3.63) is 59.9 Å². The van der Waals surface area contributed by atoms with Gasteiger partial charge in [-0.15, -0.1) is 0 Å². The smallest absolute Gasteiger partial charge is 0.255 e. The Bertz CT molecular complexity index is 763. The fraction of sp³-hybridized carbons (Fsp3) is 0.478. The minimum atomic E-state index is 0.138. The molecule has 2 aliphatic heterocycles. The average Bonchev–Trinajstić information content (AvgIpc) is 3.04. The van der Waals surface area contributed by atoms with Crippen molar-refractivity contribution >= 4 is 11.6 Å². The Morgan fingerprint density at radius 1 is 0.857 bits per heavy atom. The highest BCUT2D eigenvalue weighted by Crippen LogP contribution is 2.20. The summed E-state index contributed by atoms with van der Waals surface area (Å²) in [7, 11) is 0. The lowest BCUT2D eigenvalue weighted by Crippen LogP contribution is -2.46. The summed E-state index contributed by atoms with van der Waals surface area (Å²) < 4.78 is 0. The Hall–Kier alpha value is -2.40. The fourth-order valence-electron chi connectivity index (χ4n) is 4.18. The molecule has 2 aromatic rings. The second-order valence-corrected chi connectivity index (χ2v) is 7.89. The molecule has 0 unspecified atom stereocenters. The van der Waals surface area contributed by atoms with Crippen LogP contribution in [0.4, 0.5) is 5.69 Å². The average molecular weight is 379 g/mol. The van der Waals surface area contributed by atoms with Crippen molar-refractivity contribution in [2.75, 3.05) is 44.2 Å². The number of likely N-dealkylation sites (tertiary alicyclic amines) is 1. The van der Waals surface area contributed by atoms with Crippen LogP contribution in [-0.4, -0.2) is 60.0 Å². The number of carbonyl (C=O) groups is 1. The molecule has 1 aromatic heterocycles. The molecule has 0 spiro atoms. The normalized spacial score (nSPS) is 18.7. The van der Waals surface area contributed by atoms with Gasteiger partial charge >= 0.3 is 0 Å². The van der Waals surface area contributed by atoms with Gasteiger partial charge < -0.3 is 9.80 Å². The SMILES string of the molecule is O=C(c1cncc(N2CCN(Cc3ccccc3)CC2)c1)N1CCCCCC1. The van der Waals surface area contributed by atoms with Gasteiger partial charge in [-0.1, -0.05) is 43.2 Å². The first-order valence-electron chi connectivity index (χ1n) is 10.6. The van der Waals surface area contributed by atoms with Crippen LogP contribution in [-0.2, 0) is 6.54 Å². The second-order valence-electron chi connectivity index (χ2n) is 7.89. The molecule has 5 heteroatoms. The highest BCUT2D eigenvalue weighted by molar-refractivity contribution is 5.94. The maximum absolute atomic E-state index is 12.9. The van der Waals surface area contributed by atoms with Gasteiger partial charge in [-0.3, -0.25) is 14.7 Å². The number of hydrogen-bond acceptors (Lipinski definition) is 4. The lowest BCUT2D eigenvalue weighted by molar-refractivity contribution is 0.0761. The Morgan fingerprint density at radius 3 is 2.29 bits per heavy atom. The van der Waals surface area contributed by atoms with E-state index in [2.05, 4.69) is 45.1 Å². The molecule has 148 valence electrons. The van der Waals surface area contributed by atoms with Crippen LogP contribution < -0.4 is 4.90 Å². The Kier molecular flexibility index (Phi) is 6.22. The van der Waals surface area contributed by atoms with Crippen molar-refractivity contribution in [3.8, 4) is 0 Å². The number of anilines is 1. The highest BCUT2D eigenvalue weighted by atomic mass is 16.2. The monoisotopic (exact) mass is 378 g/mol. The van der Waals surface area contributed by atoms with Crippen LogP contribution in [0.3, 0.4) is 0 Å². The molecule has 1 amide bonds. The first kappa shape index (κ1) is 18.9. The van der Waals surface area contributed by atoms with Gasteiger partial charge in [-0.25, -0.2) is 0 Å². The maximum atomic E-state index is 12.9. The molecule has 3 heterocycles. The van der Waals surface area contributed by atoms with E-state index < -0.39 is 0 Å². The number of carbonyl (C=O) groups excluding carboxylic acids is 1. The third-order valence-corrected chi connectivity index (χ3v) is 5.85. The molecular weight excluding hydrogens is 348 g/mol. The van der Waals surface area contributed by atoms with Gasteiger partial charge in [0, 0.05) is 52.0 Å². The molecule has 1 aromatic carbocycles. The second kappa shape index (κ2) is 9.20. The summed E-state index contributed by atoms with van der Waals surface area (Å²) in [6.07, 6.45) is 8.31. The van der Waals surface area contributed by atoms with Crippen LogP contribution in [0.5, 0.6) is 0 Å². The van der Waals surface area contributed by atoms with E-state index in [9.17, 15) is 4.79 Å². The highest BCUT2D eigenvalue weighted by Gasteiger charge is 2.21. The molecule has 2 saturated heterocycles. The van der Waals surface area contributed by atoms with E-state index in [0.29, 0.717) is 0 Å². The summed E-state index contributed by atoms with van der Waals surface area (Å²) in [5.41, 5.74) is 3.16. The van der Waals surface area contributed by atoms with Gasteiger partial charge in [0.1, 0.15) is 0 Å². The first-order valence-corrected chi connectivity index (χ1v) is 10.6. The lowest BCUT2D eigenvalue weighted by atomic mass is 10.1. The number of nitrogens with zero attached hydrogens (tertiary/aromatic N) is 4. The molecule has 0 atom stereocenters. The molecule has 0 N–H and O–H groups in total.